The van der Waals surface area contributed by atoms with E-state index in [1.54, 1.807) is 0 Å². The molecule has 0 aliphatic rings. The molecule has 4 heteroatoms. The van der Waals surface area contributed by atoms with Gasteiger partial charge in [-0.05, 0) is 31.0 Å². The number of hydrogen-bond donors (Lipinski definition) is 1. The lowest BCUT2D eigenvalue weighted by atomic mass is 10.1. The molecule has 0 spiro atoms. The maximum atomic E-state index is 5.82. The lowest BCUT2D eigenvalue weighted by Crippen LogP contribution is -2.30. The predicted octanol–water partition coefficient (Wildman–Crippen LogP) is 3.96. The zero-order chi connectivity index (χ0) is 13.7. The minimum Gasteiger partial charge on any atom is -0.389 e. The summed E-state index contributed by atoms with van der Waals surface area (Å²) in [6.45, 7) is 8.64. The van der Waals surface area contributed by atoms with E-state index in [1.807, 2.05) is 12.1 Å². The van der Waals surface area contributed by atoms with E-state index in [-0.39, 0.29) is 0 Å². The van der Waals surface area contributed by atoms with Gasteiger partial charge in [-0.15, -0.1) is 0 Å². The third-order valence-corrected chi connectivity index (χ3v) is 3.89. The van der Waals surface area contributed by atoms with Gasteiger partial charge >= 0.3 is 0 Å². The molecular formula is C14H21BrN2S. The summed E-state index contributed by atoms with van der Waals surface area (Å²) < 4.78 is 1.01. The molecule has 0 saturated carbocycles. The molecule has 2 N–H and O–H groups in total. The Morgan fingerprint density at radius 3 is 2.61 bits per heavy atom. The highest BCUT2D eigenvalue weighted by Crippen LogP contribution is 2.25. The molecule has 1 unspecified atom stereocenters. The molecule has 1 rings (SSSR count). The number of benzene rings is 1. The smallest absolute Gasteiger partial charge is 0.106 e. The molecule has 0 radical (unpaired) electrons. The Morgan fingerprint density at radius 1 is 1.44 bits per heavy atom. The average Bonchev–Trinajstić information content (AvgIpc) is 2.35. The van der Waals surface area contributed by atoms with E-state index in [2.05, 4.69) is 47.7 Å². The van der Waals surface area contributed by atoms with Gasteiger partial charge in [-0.1, -0.05) is 48.4 Å². The van der Waals surface area contributed by atoms with Gasteiger partial charge in [-0.2, -0.15) is 0 Å². The molecule has 1 aromatic carbocycles. The minimum atomic E-state index is 0.453. The Morgan fingerprint density at radius 2 is 2.11 bits per heavy atom. The van der Waals surface area contributed by atoms with Crippen molar-refractivity contribution in [2.24, 2.45) is 11.7 Å². The van der Waals surface area contributed by atoms with Crippen LogP contribution in [0.1, 0.15) is 32.8 Å². The summed E-state index contributed by atoms with van der Waals surface area (Å²) in [7, 11) is 0. The molecule has 1 atom stereocenters. The summed E-state index contributed by atoms with van der Waals surface area (Å²) in [5, 5.41) is 0. The van der Waals surface area contributed by atoms with Crippen LogP contribution in [0.25, 0.3) is 0 Å². The molecule has 2 nitrogen and oxygen atoms in total. The summed E-state index contributed by atoms with van der Waals surface area (Å²) >= 11 is 8.62. The zero-order valence-corrected chi connectivity index (χ0v) is 13.6. The summed E-state index contributed by atoms with van der Waals surface area (Å²) in [4.78, 5) is 2.80. The van der Waals surface area contributed by atoms with Gasteiger partial charge in [0.15, 0.2) is 0 Å². The molecule has 0 aliphatic heterocycles. The van der Waals surface area contributed by atoms with Crippen LogP contribution in [0.5, 0.6) is 0 Å². The standard InChI is InChI=1S/C14H21BrN2S/c1-4-10(3)9-17(5-2)13-7-6-11(15)8-12(13)14(16)18/h6-8,10H,4-5,9H2,1-3H3,(H2,16,18). The van der Waals surface area contributed by atoms with Gasteiger partial charge in [0.2, 0.25) is 0 Å². The van der Waals surface area contributed by atoms with Crippen LogP contribution in [0.4, 0.5) is 5.69 Å². The van der Waals surface area contributed by atoms with Gasteiger partial charge in [0.25, 0.3) is 0 Å². The highest BCUT2D eigenvalue weighted by molar-refractivity contribution is 9.10. The first kappa shape index (κ1) is 15.4. The average molecular weight is 329 g/mol. The number of halogens is 1. The first-order chi connectivity index (χ1) is 8.49. The molecule has 0 saturated heterocycles. The molecule has 0 heterocycles. The van der Waals surface area contributed by atoms with Crippen molar-refractivity contribution < 1.29 is 0 Å². The summed E-state index contributed by atoms with van der Waals surface area (Å²) in [5.41, 5.74) is 7.90. The number of nitrogens with two attached hydrogens (primary N) is 1. The second-order valence-electron chi connectivity index (χ2n) is 4.58. The van der Waals surface area contributed by atoms with E-state index < -0.39 is 0 Å². The van der Waals surface area contributed by atoms with Gasteiger partial charge in [0, 0.05) is 28.8 Å². The van der Waals surface area contributed by atoms with Crippen LogP contribution in [0.2, 0.25) is 0 Å². The zero-order valence-electron chi connectivity index (χ0n) is 11.2. The molecule has 0 bridgehead atoms. The van der Waals surface area contributed by atoms with E-state index in [1.165, 1.54) is 6.42 Å². The van der Waals surface area contributed by atoms with Crippen molar-refractivity contribution in [3.63, 3.8) is 0 Å². The quantitative estimate of drug-likeness (QED) is 0.801. The molecule has 0 amide bonds. The van der Waals surface area contributed by atoms with E-state index in [9.17, 15) is 0 Å². The highest BCUT2D eigenvalue weighted by atomic mass is 79.9. The molecule has 18 heavy (non-hydrogen) atoms. The van der Waals surface area contributed by atoms with Crippen molar-refractivity contribution in [2.75, 3.05) is 18.0 Å². The lowest BCUT2D eigenvalue weighted by molar-refractivity contribution is 0.548. The molecule has 0 aliphatic carbocycles. The Bertz CT molecular complexity index is 420. The van der Waals surface area contributed by atoms with Gasteiger partial charge in [0.05, 0.1) is 0 Å². The Hall–Kier alpha value is -0.610. The van der Waals surface area contributed by atoms with Gasteiger partial charge in [0.1, 0.15) is 4.99 Å². The Balaban J connectivity index is 3.08. The van der Waals surface area contributed by atoms with Crippen molar-refractivity contribution in [1.82, 2.24) is 0 Å². The van der Waals surface area contributed by atoms with Crippen molar-refractivity contribution in [3.05, 3.63) is 28.2 Å². The second-order valence-corrected chi connectivity index (χ2v) is 5.93. The summed E-state index contributed by atoms with van der Waals surface area (Å²) in [6.07, 6.45) is 1.18. The first-order valence-corrected chi connectivity index (χ1v) is 7.54. The van der Waals surface area contributed by atoms with E-state index >= 15 is 0 Å². The molecule has 0 fully saturated rings. The Kier molecular flexibility index (Phi) is 6.09. The van der Waals surface area contributed by atoms with Crippen LogP contribution >= 0.6 is 28.1 Å². The first-order valence-electron chi connectivity index (χ1n) is 6.33. The van der Waals surface area contributed by atoms with Crippen LogP contribution in [-0.4, -0.2) is 18.1 Å². The number of thiocarbonyl (C=S) groups is 1. The lowest BCUT2D eigenvalue weighted by Gasteiger charge is -2.28. The summed E-state index contributed by atoms with van der Waals surface area (Å²) in [5.74, 6) is 0.660. The van der Waals surface area contributed by atoms with Gasteiger partial charge < -0.3 is 10.6 Å². The number of rotatable bonds is 6. The molecule has 1 aromatic rings. The highest BCUT2D eigenvalue weighted by Gasteiger charge is 2.14. The van der Waals surface area contributed by atoms with E-state index in [0.717, 1.165) is 28.8 Å². The number of nitrogens with zero attached hydrogens (tertiary/aromatic N) is 1. The van der Waals surface area contributed by atoms with E-state index in [0.29, 0.717) is 10.9 Å². The van der Waals surface area contributed by atoms with Crippen molar-refractivity contribution in [1.29, 1.82) is 0 Å². The maximum absolute atomic E-state index is 5.82. The fourth-order valence-electron chi connectivity index (χ4n) is 1.88. The van der Waals surface area contributed by atoms with Crippen molar-refractivity contribution >= 4 is 38.8 Å². The Labute approximate surface area is 124 Å². The van der Waals surface area contributed by atoms with Crippen LogP contribution in [0.15, 0.2) is 22.7 Å². The van der Waals surface area contributed by atoms with Crippen LogP contribution in [-0.2, 0) is 0 Å². The number of hydrogen-bond acceptors (Lipinski definition) is 2. The molecular weight excluding hydrogens is 308 g/mol. The molecule has 0 aromatic heterocycles. The largest absolute Gasteiger partial charge is 0.389 e. The second kappa shape index (κ2) is 7.10. The monoisotopic (exact) mass is 328 g/mol. The maximum Gasteiger partial charge on any atom is 0.106 e. The van der Waals surface area contributed by atoms with E-state index in [4.69, 9.17) is 18.0 Å². The molecule has 100 valence electrons. The SMILES string of the molecule is CCC(C)CN(CC)c1ccc(Br)cc1C(N)=S. The minimum absolute atomic E-state index is 0.453. The fourth-order valence-corrected chi connectivity index (χ4v) is 2.41. The predicted molar refractivity (Wildman–Crippen MR) is 87.4 cm³/mol. The van der Waals surface area contributed by atoms with Crippen molar-refractivity contribution in [3.8, 4) is 0 Å². The summed E-state index contributed by atoms with van der Waals surface area (Å²) in [6, 6.07) is 6.12. The third-order valence-electron chi connectivity index (χ3n) is 3.18. The third kappa shape index (κ3) is 3.95. The van der Waals surface area contributed by atoms with Crippen LogP contribution in [0, 0.1) is 5.92 Å². The van der Waals surface area contributed by atoms with Gasteiger partial charge in [-0.3, -0.25) is 0 Å². The van der Waals surface area contributed by atoms with Crippen LogP contribution < -0.4 is 10.6 Å². The van der Waals surface area contributed by atoms with Gasteiger partial charge in [-0.25, -0.2) is 0 Å². The topological polar surface area (TPSA) is 29.3 Å². The van der Waals surface area contributed by atoms with Crippen LogP contribution in [0.3, 0.4) is 0 Å². The number of anilines is 1. The normalized spacial score (nSPS) is 12.2. The van der Waals surface area contributed by atoms with Crippen molar-refractivity contribution in [2.45, 2.75) is 27.2 Å². The fraction of sp³-hybridized carbons (Fsp3) is 0.500.